The Morgan fingerprint density at radius 3 is 3.00 bits per heavy atom. The Hall–Kier alpha value is -1.09. The highest BCUT2D eigenvalue weighted by molar-refractivity contribution is 6.30. The minimum atomic E-state index is -0.402. The molecule has 0 spiro atoms. The van der Waals surface area contributed by atoms with Crippen molar-refractivity contribution in [3.8, 4) is 0 Å². The number of carbonyl (C=O) groups excluding carboxylic acids is 1. The van der Waals surface area contributed by atoms with Crippen LogP contribution in [0, 0.1) is 5.82 Å². The molecule has 0 saturated heterocycles. The van der Waals surface area contributed by atoms with Gasteiger partial charge >= 0.3 is 0 Å². The van der Waals surface area contributed by atoms with Gasteiger partial charge in [0.2, 0.25) is 6.41 Å². The van der Waals surface area contributed by atoms with E-state index in [4.69, 9.17) is 11.6 Å². The van der Waals surface area contributed by atoms with E-state index < -0.39 is 5.82 Å². The number of nitrogens with one attached hydrogen (secondary N) is 1. The van der Waals surface area contributed by atoms with Gasteiger partial charge in [-0.05, 0) is 24.1 Å². The first-order chi connectivity index (χ1) is 6.72. The molecule has 1 saturated carbocycles. The molecule has 4 heteroatoms. The van der Waals surface area contributed by atoms with Crippen molar-refractivity contribution in [2.75, 3.05) is 0 Å². The molecule has 1 aliphatic carbocycles. The van der Waals surface area contributed by atoms with E-state index in [1.165, 1.54) is 6.07 Å². The Kier molecular flexibility index (Phi) is 2.42. The quantitative estimate of drug-likeness (QED) is 0.766. The van der Waals surface area contributed by atoms with Gasteiger partial charge in [0, 0.05) is 12.0 Å². The first-order valence-electron chi connectivity index (χ1n) is 4.37. The summed E-state index contributed by atoms with van der Waals surface area (Å²) in [7, 11) is 0. The molecule has 74 valence electrons. The topological polar surface area (TPSA) is 29.1 Å². The van der Waals surface area contributed by atoms with Gasteiger partial charge in [-0.15, -0.1) is 0 Å². The van der Waals surface area contributed by atoms with Gasteiger partial charge in [-0.3, -0.25) is 4.79 Å². The minimum Gasteiger partial charge on any atom is -0.355 e. The fraction of sp³-hybridized carbons (Fsp3) is 0.300. The Labute approximate surface area is 86.1 Å². The van der Waals surface area contributed by atoms with Crippen molar-refractivity contribution in [1.29, 1.82) is 0 Å². The maximum atomic E-state index is 13.1. The lowest BCUT2D eigenvalue weighted by molar-refractivity contribution is -0.109. The third kappa shape index (κ3) is 1.73. The number of rotatable bonds is 3. The SMILES string of the molecule is O=CN[C@H]1C[C@@H]1c1ccc(Cl)c(F)c1. The molecule has 0 heterocycles. The third-order valence-corrected chi connectivity index (χ3v) is 2.75. The summed E-state index contributed by atoms with van der Waals surface area (Å²) in [6.45, 7) is 0. The summed E-state index contributed by atoms with van der Waals surface area (Å²) in [5.41, 5.74) is 0.895. The molecule has 2 atom stereocenters. The second kappa shape index (κ2) is 3.58. The van der Waals surface area contributed by atoms with Crippen molar-refractivity contribution in [2.45, 2.75) is 18.4 Å². The van der Waals surface area contributed by atoms with Gasteiger partial charge in [-0.1, -0.05) is 17.7 Å². The molecule has 1 amide bonds. The molecule has 0 unspecified atom stereocenters. The lowest BCUT2D eigenvalue weighted by Crippen LogP contribution is -2.14. The van der Waals surface area contributed by atoms with Crippen LogP contribution in [0.15, 0.2) is 18.2 Å². The van der Waals surface area contributed by atoms with E-state index in [9.17, 15) is 9.18 Å². The van der Waals surface area contributed by atoms with Gasteiger partial charge in [0.15, 0.2) is 0 Å². The van der Waals surface area contributed by atoms with Gasteiger partial charge in [0.25, 0.3) is 0 Å². The van der Waals surface area contributed by atoms with Crippen LogP contribution in [-0.2, 0) is 4.79 Å². The number of amides is 1. The molecular formula is C10H9ClFNO. The van der Waals surface area contributed by atoms with E-state index in [2.05, 4.69) is 5.32 Å². The highest BCUT2D eigenvalue weighted by atomic mass is 35.5. The van der Waals surface area contributed by atoms with Gasteiger partial charge < -0.3 is 5.32 Å². The average molecular weight is 214 g/mol. The van der Waals surface area contributed by atoms with E-state index in [0.29, 0.717) is 6.41 Å². The van der Waals surface area contributed by atoms with Gasteiger partial charge in [-0.25, -0.2) is 4.39 Å². The summed E-state index contributed by atoms with van der Waals surface area (Å²) in [6, 6.07) is 4.93. The molecule has 1 N–H and O–H groups in total. The maximum Gasteiger partial charge on any atom is 0.207 e. The first kappa shape index (κ1) is 9.46. The number of hydrogen-bond donors (Lipinski definition) is 1. The van der Waals surface area contributed by atoms with E-state index in [0.717, 1.165) is 12.0 Å². The van der Waals surface area contributed by atoms with E-state index in [1.807, 2.05) is 0 Å². The fourth-order valence-corrected chi connectivity index (χ4v) is 1.70. The van der Waals surface area contributed by atoms with Crippen LogP contribution in [0.25, 0.3) is 0 Å². The molecule has 0 radical (unpaired) electrons. The van der Waals surface area contributed by atoms with Crippen LogP contribution < -0.4 is 5.32 Å². The second-order valence-electron chi connectivity index (χ2n) is 3.41. The van der Waals surface area contributed by atoms with Crippen LogP contribution in [0.5, 0.6) is 0 Å². The second-order valence-corrected chi connectivity index (χ2v) is 3.81. The zero-order valence-corrected chi connectivity index (χ0v) is 8.09. The van der Waals surface area contributed by atoms with Crippen molar-refractivity contribution in [3.05, 3.63) is 34.6 Å². The molecular weight excluding hydrogens is 205 g/mol. The standard InChI is InChI=1S/C10H9ClFNO/c11-8-2-1-6(3-9(8)12)7-4-10(7)13-5-14/h1-3,5,7,10H,4H2,(H,13,14)/t7-,10+/m1/s1. The summed E-state index contributed by atoms with van der Waals surface area (Å²) >= 11 is 5.56. The van der Waals surface area contributed by atoms with Crippen molar-refractivity contribution >= 4 is 18.0 Å². The summed E-state index contributed by atoms with van der Waals surface area (Å²) in [6.07, 6.45) is 1.55. The van der Waals surface area contributed by atoms with Crippen LogP contribution in [-0.4, -0.2) is 12.5 Å². The van der Waals surface area contributed by atoms with Crippen molar-refractivity contribution in [2.24, 2.45) is 0 Å². The molecule has 1 aromatic carbocycles. The molecule has 2 nitrogen and oxygen atoms in total. The first-order valence-corrected chi connectivity index (χ1v) is 4.75. The predicted molar refractivity (Wildman–Crippen MR) is 51.8 cm³/mol. The van der Waals surface area contributed by atoms with Crippen LogP contribution in [0.2, 0.25) is 5.02 Å². The lowest BCUT2D eigenvalue weighted by atomic mass is 10.1. The summed E-state index contributed by atoms with van der Waals surface area (Å²) in [4.78, 5) is 10.1. The van der Waals surface area contributed by atoms with Gasteiger partial charge in [0.1, 0.15) is 5.82 Å². The van der Waals surface area contributed by atoms with Gasteiger partial charge in [-0.2, -0.15) is 0 Å². The zero-order valence-electron chi connectivity index (χ0n) is 7.34. The molecule has 1 aromatic rings. The summed E-state index contributed by atoms with van der Waals surface area (Å²) in [5, 5.41) is 2.80. The van der Waals surface area contributed by atoms with E-state index in [-0.39, 0.29) is 17.0 Å². The van der Waals surface area contributed by atoms with Crippen molar-refractivity contribution < 1.29 is 9.18 Å². The van der Waals surface area contributed by atoms with Crippen LogP contribution in [0.1, 0.15) is 17.9 Å². The molecule has 1 aliphatic rings. The smallest absolute Gasteiger partial charge is 0.207 e. The summed E-state index contributed by atoms with van der Waals surface area (Å²) in [5.74, 6) is -0.159. The Balaban J connectivity index is 2.12. The Bertz CT molecular complexity index is 369. The molecule has 14 heavy (non-hydrogen) atoms. The monoisotopic (exact) mass is 213 g/mol. The van der Waals surface area contributed by atoms with Gasteiger partial charge in [0.05, 0.1) is 5.02 Å². The highest BCUT2D eigenvalue weighted by Gasteiger charge is 2.38. The molecule has 2 rings (SSSR count). The average Bonchev–Trinajstić information content (AvgIpc) is 2.90. The molecule has 0 aliphatic heterocycles. The molecule has 1 fully saturated rings. The minimum absolute atomic E-state index is 0.134. The third-order valence-electron chi connectivity index (χ3n) is 2.44. The fourth-order valence-electron chi connectivity index (χ4n) is 1.58. The molecule has 0 aromatic heterocycles. The largest absolute Gasteiger partial charge is 0.355 e. The van der Waals surface area contributed by atoms with Crippen LogP contribution in [0.3, 0.4) is 0 Å². The lowest BCUT2D eigenvalue weighted by Gasteiger charge is -2.01. The Morgan fingerprint density at radius 1 is 1.57 bits per heavy atom. The highest BCUT2D eigenvalue weighted by Crippen LogP contribution is 2.41. The number of hydrogen-bond acceptors (Lipinski definition) is 1. The number of benzene rings is 1. The number of carbonyl (C=O) groups is 1. The maximum absolute atomic E-state index is 13.1. The number of halogens is 2. The predicted octanol–water partition coefficient (Wildman–Crippen LogP) is 2.08. The van der Waals surface area contributed by atoms with E-state index >= 15 is 0 Å². The zero-order chi connectivity index (χ0) is 10.1. The Morgan fingerprint density at radius 2 is 2.36 bits per heavy atom. The van der Waals surface area contributed by atoms with Crippen molar-refractivity contribution in [3.63, 3.8) is 0 Å². The normalized spacial score (nSPS) is 24.4. The van der Waals surface area contributed by atoms with Crippen molar-refractivity contribution in [1.82, 2.24) is 5.32 Å². The van der Waals surface area contributed by atoms with E-state index in [1.54, 1.807) is 12.1 Å². The van der Waals surface area contributed by atoms with Crippen LogP contribution >= 0.6 is 11.6 Å². The molecule has 0 bridgehead atoms. The summed E-state index contributed by atoms with van der Waals surface area (Å²) < 4.78 is 13.1. The van der Waals surface area contributed by atoms with Crippen LogP contribution in [0.4, 0.5) is 4.39 Å².